The van der Waals surface area contributed by atoms with Crippen LogP contribution in [0, 0.1) is 0 Å². The van der Waals surface area contributed by atoms with Gasteiger partial charge in [-0.1, -0.05) is 32.9 Å². The molecule has 10 nitrogen and oxygen atoms in total. The molecule has 1 aromatic carbocycles. The fourth-order valence-corrected chi connectivity index (χ4v) is 4.68. The van der Waals surface area contributed by atoms with Crippen LogP contribution in [0.5, 0.6) is 0 Å². The van der Waals surface area contributed by atoms with E-state index in [0.717, 1.165) is 42.4 Å². The number of carbonyl (C=O) groups excluding carboxylic acids is 1. The van der Waals surface area contributed by atoms with Crippen molar-refractivity contribution in [3.05, 3.63) is 65.5 Å². The highest BCUT2D eigenvalue weighted by Crippen LogP contribution is 2.25. The first-order valence-corrected chi connectivity index (χ1v) is 12.8. The van der Waals surface area contributed by atoms with Crippen LogP contribution < -0.4 is 20.9 Å². The van der Waals surface area contributed by atoms with Crippen LogP contribution in [0.1, 0.15) is 55.2 Å². The molecule has 0 saturated carbocycles. The maximum atomic E-state index is 13.0. The number of H-pyrrole nitrogens is 1. The van der Waals surface area contributed by atoms with E-state index >= 15 is 0 Å². The van der Waals surface area contributed by atoms with Crippen molar-refractivity contribution in [3.8, 4) is 0 Å². The Kier molecular flexibility index (Phi) is 6.84. The zero-order chi connectivity index (χ0) is 26.0. The summed E-state index contributed by atoms with van der Waals surface area (Å²) in [6.45, 7) is 8.78. The molecule has 1 fully saturated rings. The molecule has 5 rings (SSSR count). The second-order valence-electron chi connectivity index (χ2n) is 10.6. The van der Waals surface area contributed by atoms with Crippen molar-refractivity contribution in [2.45, 2.75) is 51.6 Å². The molecular weight excluding hydrogens is 466 g/mol. The standard InChI is InChI=1S/C27H35N9O/c1-27(2,3)19-9-7-18(8-10-19)26(37)30-20-6-5-13-35(17-20)24-15-25(36-23(32-24)11-12-29-36)31-22-14-21(16-28-4)33-34-22/h7-12,14-15,20,28H,5-6,13,16-17H2,1-4H3,(H,30,37)(H2,31,33,34)/t20-/m1/s1. The van der Waals surface area contributed by atoms with Gasteiger partial charge in [0.25, 0.3) is 5.91 Å². The van der Waals surface area contributed by atoms with Gasteiger partial charge in [0, 0.05) is 49.4 Å². The summed E-state index contributed by atoms with van der Waals surface area (Å²) in [4.78, 5) is 20.0. The van der Waals surface area contributed by atoms with Gasteiger partial charge in [-0.3, -0.25) is 9.89 Å². The third-order valence-corrected chi connectivity index (χ3v) is 6.69. The molecular formula is C27H35N9O. The van der Waals surface area contributed by atoms with E-state index in [2.05, 4.69) is 56.9 Å². The quantitative estimate of drug-likeness (QED) is 0.306. The molecule has 37 heavy (non-hydrogen) atoms. The van der Waals surface area contributed by atoms with Crippen molar-refractivity contribution in [3.63, 3.8) is 0 Å². The summed E-state index contributed by atoms with van der Waals surface area (Å²) < 4.78 is 1.76. The summed E-state index contributed by atoms with van der Waals surface area (Å²) in [7, 11) is 1.90. The highest BCUT2D eigenvalue weighted by atomic mass is 16.1. The number of carbonyl (C=O) groups is 1. The SMILES string of the molecule is CNCc1cc(Nc2cc(N3CCC[C@@H](NC(=O)c4ccc(C(C)(C)C)cc4)C3)nc3ccnn23)n[nH]1. The van der Waals surface area contributed by atoms with Crippen LogP contribution in [-0.2, 0) is 12.0 Å². The minimum atomic E-state index is -0.0372. The summed E-state index contributed by atoms with van der Waals surface area (Å²) in [5, 5.41) is 21.5. The Morgan fingerprint density at radius 1 is 1.16 bits per heavy atom. The minimum absolute atomic E-state index is 0.0372. The third-order valence-electron chi connectivity index (χ3n) is 6.69. The molecule has 0 spiro atoms. The van der Waals surface area contributed by atoms with Gasteiger partial charge in [-0.2, -0.15) is 14.7 Å². The molecule has 4 N–H and O–H groups in total. The highest BCUT2D eigenvalue weighted by molar-refractivity contribution is 5.94. The summed E-state index contributed by atoms with van der Waals surface area (Å²) in [6, 6.07) is 13.8. The molecule has 4 heterocycles. The van der Waals surface area contributed by atoms with Gasteiger partial charge in [-0.15, -0.1) is 0 Å². The molecule has 0 aliphatic carbocycles. The van der Waals surface area contributed by atoms with E-state index in [-0.39, 0.29) is 17.4 Å². The second-order valence-corrected chi connectivity index (χ2v) is 10.6. The molecule has 1 aliphatic rings. The molecule has 10 heteroatoms. The summed E-state index contributed by atoms with van der Waals surface area (Å²) >= 11 is 0. The van der Waals surface area contributed by atoms with Gasteiger partial charge in [0.15, 0.2) is 11.5 Å². The normalized spacial score (nSPS) is 16.2. The molecule has 0 bridgehead atoms. The predicted molar refractivity (Wildman–Crippen MR) is 145 cm³/mol. The molecule has 0 unspecified atom stereocenters. The van der Waals surface area contributed by atoms with Gasteiger partial charge >= 0.3 is 0 Å². The number of benzene rings is 1. The first kappa shape index (κ1) is 24.8. The topological polar surface area (TPSA) is 115 Å². The smallest absolute Gasteiger partial charge is 0.251 e. The Balaban J connectivity index is 1.30. The number of nitrogens with zero attached hydrogens (tertiary/aromatic N) is 5. The van der Waals surface area contributed by atoms with Crippen LogP contribution >= 0.6 is 0 Å². The molecule has 0 radical (unpaired) electrons. The molecule has 1 atom stereocenters. The first-order chi connectivity index (χ1) is 17.8. The zero-order valence-electron chi connectivity index (χ0n) is 21.9. The lowest BCUT2D eigenvalue weighted by Crippen LogP contribution is -2.48. The minimum Gasteiger partial charge on any atom is -0.354 e. The Bertz CT molecular complexity index is 1370. The van der Waals surface area contributed by atoms with Gasteiger partial charge in [0.05, 0.1) is 11.9 Å². The predicted octanol–water partition coefficient (Wildman–Crippen LogP) is 3.61. The van der Waals surface area contributed by atoms with Crippen LogP contribution in [0.4, 0.5) is 17.5 Å². The lowest BCUT2D eigenvalue weighted by Gasteiger charge is -2.34. The van der Waals surface area contributed by atoms with Gasteiger partial charge in [-0.25, -0.2) is 4.98 Å². The fraction of sp³-hybridized carbons (Fsp3) is 0.407. The largest absolute Gasteiger partial charge is 0.354 e. The first-order valence-electron chi connectivity index (χ1n) is 12.8. The van der Waals surface area contributed by atoms with Gasteiger partial charge in [0.2, 0.25) is 0 Å². The molecule has 3 aromatic heterocycles. The number of aromatic nitrogens is 5. The van der Waals surface area contributed by atoms with Gasteiger partial charge < -0.3 is 20.9 Å². The Labute approximate surface area is 216 Å². The van der Waals surface area contributed by atoms with Crippen molar-refractivity contribution in [1.29, 1.82) is 0 Å². The number of fused-ring (bicyclic) bond motifs is 1. The average Bonchev–Trinajstić information content (AvgIpc) is 3.53. The molecule has 1 aliphatic heterocycles. The van der Waals surface area contributed by atoms with Gasteiger partial charge in [0.1, 0.15) is 11.6 Å². The maximum Gasteiger partial charge on any atom is 0.251 e. The summed E-state index contributed by atoms with van der Waals surface area (Å²) in [6.07, 6.45) is 3.64. The number of hydrogen-bond acceptors (Lipinski definition) is 7. The van der Waals surface area contributed by atoms with E-state index in [1.807, 2.05) is 49.5 Å². The maximum absolute atomic E-state index is 13.0. The van der Waals surface area contributed by atoms with Crippen LogP contribution in [-0.4, -0.2) is 56.9 Å². The Morgan fingerprint density at radius 3 is 2.73 bits per heavy atom. The summed E-state index contributed by atoms with van der Waals surface area (Å²) in [5.74, 6) is 2.29. The summed E-state index contributed by atoms with van der Waals surface area (Å²) in [5.41, 5.74) is 3.69. The number of anilines is 3. The Hall–Kier alpha value is -3.92. The number of piperidine rings is 1. The van der Waals surface area contributed by atoms with E-state index in [9.17, 15) is 4.79 Å². The van der Waals surface area contributed by atoms with Crippen LogP contribution in [0.3, 0.4) is 0 Å². The molecule has 194 valence electrons. The monoisotopic (exact) mass is 501 g/mol. The number of amides is 1. The van der Waals surface area contributed by atoms with Crippen molar-refractivity contribution < 1.29 is 4.79 Å². The number of hydrogen-bond donors (Lipinski definition) is 4. The van der Waals surface area contributed by atoms with E-state index < -0.39 is 0 Å². The van der Waals surface area contributed by atoms with Gasteiger partial charge in [-0.05, 0) is 43.0 Å². The lowest BCUT2D eigenvalue weighted by molar-refractivity contribution is 0.0933. The van der Waals surface area contributed by atoms with E-state index in [1.165, 1.54) is 5.56 Å². The van der Waals surface area contributed by atoms with Crippen LogP contribution in [0.25, 0.3) is 5.65 Å². The highest BCUT2D eigenvalue weighted by Gasteiger charge is 2.24. The molecule has 1 saturated heterocycles. The second kappa shape index (κ2) is 10.2. The van der Waals surface area contributed by atoms with Crippen molar-refractivity contribution in [2.75, 3.05) is 30.4 Å². The number of rotatable bonds is 7. The third kappa shape index (κ3) is 5.59. The van der Waals surface area contributed by atoms with Crippen molar-refractivity contribution in [2.24, 2.45) is 0 Å². The molecule has 1 amide bonds. The van der Waals surface area contributed by atoms with Crippen molar-refractivity contribution in [1.82, 2.24) is 35.4 Å². The van der Waals surface area contributed by atoms with Crippen LogP contribution in [0.15, 0.2) is 48.7 Å². The molecule has 4 aromatic rings. The lowest BCUT2D eigenvalue weighted by atomic mass is 9.86. The van der Waals surface area contributed by atoms with Crippen LogP contribution in [0.2, 0.25) is 0 Å². The number of aromatic amines is 1. The average molecular weight is 502 g/mol. The van der Waals surface area contributed by atoms with E-state index in [0.29, 0.717) is 24.5 Å². The number of nitrogens with one attached hydrogen (secondary N) is 4. The van der Waals surface area contributed by atoms with E-state index in [4.69, 9.17) is 4.98 Å². The van der Waals surface area contributed by atoms with E-state index in [1.54, 1.807) is 10.7 Å². The van der Waals surface area contributed by atoms with Crippen molar-refractivity contribution >= 4 is 29.0 Å². The zero-order valence-corrected chi connectivity index (χ0v) is 21.9. The Morgan fingerprint density at radius 2 is 1.97 bits per heavy atom. The fourth-order valence-electron chi connectivity index (χ4n) is 4.68.